The molecule has 0 unspecified atom stereocenters. The maximum atomic E-state index is 8.29. The molecule has 0 fully saturated rings. The largest absolute Gasteiger partial charge is 0.412 e. The van der Waals surface area contributed by atoms with Crippen molar-refractivity contribution in [3.8, 4) is 0 Å². The summed E-state index contributed by atoms with van der Waals surface area (Å²) in [4.78, 5) is 3.76. The molecule has 4 nitrogen and oxygen atoms in total. The Hall–Kier alpha value is -6.14. The quantitative estimate of drug-likeness (QED) is 0.141. The average Bonchev–Trinajstić information content (AvgIpc) is 3.27. The van der Waals surface area contributed by atoms with Crippen LogP contribution in [-0.2, 0) is 11.6 Å². The first-order chi connectivity index (χ1) is 28.9. The molecule has 0 aromatic heterocycles. The number of benzene rings is 8. The van der Waals surface area contributed by atoms with Gasteiger partial charge in [-0.15, -0.1) is 0 Å². The highest BCUT2D eigenvalue weighted by Crippen LogP contribution is 2.32. The third-order valence-corrected chi connectivity index (χ3v) is 11.9. The van der Waals surface area contributed by atoms with Crippen LogP contribution in [-0.4, -0.2) is 38.8 Å². The van der Waals surface area contributed by atoms with Gasteiger partial charge in [-0.25, -0.2) is 0 Å². The Labute approximate surface area is 378 Å². The second kappa shape index (κ2) is 19.9. The molecule has 8 aromatic carbocycles. The molecule has 4 N–H and O–H groups in total. The van der Waals surface area contributed by atoms with Crippen molar-refractivity contribution >= 4 is 147 Å². The fraction of sp³-hybridized carbons (Fsp3) is 0. The van der Waals surface area contributed by atoms with Crippen LogP contribution in [0.25, 0.3) is 67.4 Å². The van der Waals surface area contributed by atoms with Crippen molar-refractivity contribution in [3.05, 3.63) is 214 Å². The second-order valence-electron chi connectivity index (χ2n) is 13.9. The van der Waals surface area contributed by atoms with Gasteiger partial charge in [-0.2, -0.15) is 8.42 Å². The first-order valence-electron chi connectivity index (χ1n) is 18.7. The van der Waals surface area contributed by atoms with Crippen LogP contribution in [0.1, 0.15) is 44.5 Å². The van der Waals surface area contributed by atoms with Gasteiger partial charge >= 0.3 is 11.6 Å². The molecule has 8 aromatic rings. The summed E-state index contributed by atoms with van der Waals surface area (Å²) >= 11 is 20.5. The van der Waals surface area contributed by atoms with E-state index in [0.29, 0.717) is 0 Å². The summed E-state index contributed by atoms with van der Waals surface area (Å²) in [6, 6.07) is 50.5. The Morgan fingerprint density at radius 1 is 0.279 bits per heavy atom. The Bertz CT molecular complexity index is 2780. The maximum absolute atomic E-state index is 8.29. The molecule has 0 saturated carbocycles. The van der Waals surface area contributed by atoms with Crippen molar-refractivity contribution in [1.29, 1.82) is 0 Å². The van der Waals surface area contributed by atoms with Crippen LogP contribution >= 0.6 is 48.9 Å². The monoisotopic (exact) mass is 884 g/mol. The minimum absolute atomic E-state index is 0. The van der Waals surface area contributed by atoms with Gasteiger partial charge in [0.2, 0.25) is 0 Å². The van der Waals surface area contributed by atoms with E-state index >= 15 is 0 Å². The van der Waals surface area contributed by atoms with Crippen molar-refractivity contribution in [2.75, 3.05) is 0 Å². The van der Waals surface area contributed by atoms with Crippen LogP contribution in [0.2, 0.25) is 0 Å². The zero-order valence-electron chi connectivity index (χ0n) is 32.3. The zero-order valence-corrected chi connectivity index (χ0v) is 36.4. The predicted molar refractivity (Wildman–Crippen MR) is 275 cm³/mol. The van der Waals surface area contributed by atoms with E-state index < -0.39 is 11.6 Å². The number of allylic oxidation sites excluding steroid dienone is 4. The van der Waals surface area contributed by atoms with Gasteiger partial charge in [-0.3, -0.25) is 0 Å². The molecule has 298 valence electrons. The smallest absolute Gasteiger partial charge is 0.335 e. The van der Waals surface area contributed by atoms with Gasteiger partial charge in [-0.1, -0.05) is 219 Å². The molecule has 0 spiro atoms. The molecule has 61 heavy (non-hydrogen) atoms. The molecule has 4 aliphatic rings. The van der Waals surface area contributed by atoms with Crippen molar-refractivity contribution < 1.29 is 19.4 Å². The molecule has 0 saturated heterocycles. The van der Waals surface area contributed by atoms with E-state index in [4.69, 9.17) is 57.3 Å². The van der Waals surface area contributed by atoms with E-state index in [0.717, 1.165) is 19.5 Å². The van der Waals surface area contributed by atoms with Crippen molar-refractivity contribution in [1.82, 2.24) is 0 Å². The van der Waals surface area contributed by atoms with Crippen LogP contribution in [0, 0.1) is 0 Å². The topological polar surface area (TPSA) is 97.1 Å². The summed E-state index contributed by atoms with van der Waals surface area (Å²) in [6.07, 6.45) is 16.4. The van der Waals surface area contributed by atoms with E-state index in [1.165, 1.54) is 87.6 Å². The van der Waals surface area contributed by atoms with Crippen LogP contribution in [0.15, 0.2) is 170 Å². The van der Waals surface area contributed by atoms with Gasteiger partial charge in [0.05, 0.1) is 0 Å². The van der Waals surface area contributed by atoms with Gasteiger partial charge in [0.15, 0.2) is 0 Å². The lowest BCUT2D eigenvalue weighted by Crippen LogP contribution is -1.99. The van der Waals surface area contributed by atoms with E-state index in [-0.39, 0.29) is 11.0 Å². The van der Waals surface area contributed by atoms with Gasteiger partial charge < -0.3 is 11.0 Å². The third kappa shape index (κ3) is 9.14. The predicted octanol–water partition coefficient (Wildman–Crippen LogP) is 12.0. The second-order valence-corrected chi connectivity index (χ2v) is 15.8. The minimum atomic E-state index is -0.750. The normalized spacial score (nSPS) is 12.7. The highest BCUT2D eigenvalue weighted by Gasteiger charge is 2.14. The van der Waals surface area contributed by atoms with Gasteiger partial charge in [0.25, 0.3) is 0 Å². The molecule has 0 aliphatic heterocycles. The summed E-state index contributed by atoms with van der Waals surface area (Å²) in [6.45, 7) is 0. The van der Waals surface area contributed by atoms with Crippen LogP contribution in [0.4, 0.5) is 0 Å². The molecular weight excluding hydrogens is 849 g/mol. The maximum Gasteiger partial charge on any atom is 0.335 e. The number of thiocarbonyl (C=S) groups is 4. The SMILES string of the molecule is O.O.O=S=O.S=C1C=Cc2cccc3cccc1c23.S=C1C=Cc2cccc3cccc1c23.S=C1C=Cc2cccc3cccc1c23.S=C1C=Cc2cccc3cccc1c23. The Balaban J connectivity index is 0.000000132. The molecule has 0 radical (unpaired) electrons. The number of rotatable bonds is 0. The lowest BCUT2D eigenvalue weighted by molar-refractivity contribution is 0.630. The minimum Gasteiger partial charge on any atom is -0.412 e. The summed E-state index contributed by atoms with van der Waals surface area (Å²) in [5.41, 5.74) is 9.84. The van der Waals surface area contributed by atoms with Crippen LogP contribution < -0.4 is 0 Å². The molecule has 4 aliphatic carbocycles. The Kier molecular flexibility index (Phi) is 14.5. The van der Waals surface area contributed by atoms with Gasteiger partial charge in [0, 0.05) is 41.7 Å². The summed E-state index contributed by atoms with van der Waals surface area (Å²) < 4.78 is 16.6. The van der Waals surface area contributed by atoms with Crippen LogP contribution in [0.5, 0.6) is 0 Å². The molecule has 0 heterocycles. The molecule has 0 bridgehead atoms. The molecule has 12 rings (SSSR count). The van der Waals surface area contributed by atoms with Gasteiger partial charge in [-0.05, 0) is 89.6 Å². The number of hydrogen-bond donors (Lipinski definition) is 0. The van der Waals surface area contributed by atoms with E-state index in [1.54, 1.807) is 0 Å². The number of hydrogen-bond acceptors (Lipinski definition) is 6. The lowest BCUT2D eigenvalue weighted by Gasteiger charge is -2.12. The fourth-order valence-electron chi connectivity index (χ4n) is 7.88. The molecular formula is C52H36O4S5. The molecule has 0 atom stereocenters. The van der Waals surface area contributed by atoms with Crippen molar-refractivity contribution in [3.63, 3.8) is 0 Å². The first kappa shape index (κ1) is 44.4. The third-order valence-electron chi connectivity index (χ3n) is 10.5. The van der Waals surface area contributed by atoms with E-state index in [1.807, 2.05) is 24.3 Å². The average molecular weight is 885 g/mol. The molecule has 9 heteroatoms. The summed E-state index contributed by atoms with van der Waals surface area (Å²) in [5.74, 6) is 0. The van der Waals surface area contributed by atoms with Gasteiger partial charge in [0.1, 0.15) is 0 Å². The van der Waals surface area contributed by atoms with E-state index in [2.05, 4.69) is 170 Å². The Morgan fingerprint density at radius 2 is 0.459 bits per heavy atom. The van der Waals surface area contributed by atoms with Crippen molar-refractivity contribution in [2.24, 2.45) is 0 Å². The standard InChI is InChI=1S/4C13H8S.O2S.2H2O/c4*14-12-8-7-10-4-1-3-9-5-2-6-11(12)13(9)10;1-3-2;;/h4*1-8H;;2*1H2. The van der Waals surface area contributed by atoms with Crippen molar-refractivity contribution in [2.45, 2.75) is 0 Å². The van der Waals surface area contributed by atoms with E-state index in [9.17, 15) is 0 Å². The molecule has 0 amide bonds. The zero-order chi connectivity index (χ0) is 40.9. The fourth-order valence-corrected chi connectivity index (χ4v) is 8.83. The highest BCUT2D eigenvalue weighted by atomic mass is 32.1. The first-order valence-corrected chi connectivity index (χ1v) is 21.0. The lowest BCUT2D eigenvalue weighted by atomic mass is 9.93. The summed E-state index contributed by atoms with van der Waals surface area (Å²) in [7, 11) is 0. The summed E-state index contributed by atoms with van der Waals surface area (Å²) in [5, 5.41) is 10.3. The van der Waals surface area contributed by atoms with Crippen LogP contribution in [0.3, 0.4) is 0 Å². The highest BCUT2D eigenvalue weighted by molar-refractivity contribution is 7.82. The Morgan fingerprint density at radius 3 is 0.656 bits per heavy atom.